The number of fused-ring (bicyclic) bond motifs is 2. The van der Waals surface area contributed by atoms with Gasteiger partial charge in [0.05, 0.1) is 11.6 Å². The van der Waals surface area contributed by atoms with Gasteiger partial charge in [-0.05, 0) is 12.8 Å². The zero-order chi connectivity index (χ0) is 18.5. The predicted octanol–water partition coefficient (Wildman–Crippen LogP) is 0.237. The van der Waals surface area contributed by atoms with Crippen LogP contribution in [0.5, 0.6) is 0 Å². The number of aromatic nitrogens is 3. The average Bonchev–Trinajstić information content (AvgIpc) is 3.15. The Labute approximate surface area is 148 Å². The van der Waals surface area contributed by atoms with E-state index in [0.717, 1.165) is 5.56 Å². The zero-order valence-corrected chi connectivity index (χ0v) is 14.5. The van der Waals surface area contributed by atoms with Crippen molar-refractivity contribution in [1.82, 2.24) is 20.2 Å². The van der Waals surface area contributed by atoms with Crippen molar-refractivity contribution in [2.24, 2.45) is 7.05 Å². The molecular formula is C14H16N5O6S+. The SMILES string of the molecule is C[n+]1ccc(-c2nnc([C@@H]3CC[C@@H]4CN3C(=O)N4OS(=O)(=O)O)o2)cc1. The van der Waals surface area contributed by atoms with Gasteiger partial charge < -0.3 is 9.32 Å². The molecule has 0 unspecified atom stereocenters. The van der Waals surface area contributed by atoms with Crippen LogP contribution in [0.25, 0.3) is 11.5 Å². The molecule has 2 aliphatic rings. The van der Waals surface area contributed by atoms with E-state index in [2.05, 4.69) is 14.5 Å². The van der Waals surface area contributed by atoms with Gasteiger partial charge >= 0.3 is 16.4 Å². The van der Waals surface area contributed by atoms with E-state index in [0.29, 0.717) is 23.8 Å². The summed E-state index contributed by atoms with van der Waals surface area (Å²) in [5, 5.41) is 8.76. The number of carbonyl (C=O) groups is 1. The maximum atomic E-state index is 12.4. The number of nitrogens with zero attached hydrogens (tertiary/aromatic N) is 5. The van der Waals surface area contributed by atoms with Crippen molar-refractivity contribution in [1.29, 1.82) is 0 Å². The van der Waals surface area contributed by atoms with Gasteiger partial charge in [-0.1, -0.05) is 0 Å². The molecule has 26 heavy (non-hydrogen) atoms. The van der Waals surface area contributed by atoms with Crippen LogP contribution in [0.3, 0.4) is 0 Å². The molecule has 0 radical (unpaired) electrons. The number of amides is 2. The van der Waals surface area contributed by atoms with Crippen molar-refractivity contribution >= 4 is 16.4 Å². The Kier molecular flexibility index (Phi) is 3.89. The molecule has 2 saturated heterocycles. The van der Waals surface area contributed by atoms with Crippen LogP contribution in [0.4, 0.5) is 4.79 Å². The van der Waals surface area contributed by atoms with Gasteiger partial charge in [-0.3, -0.25) is 4.55 Å². The molecule has 2 aromatic rings. The second-order valence-corrected chi connectivity index (χ2v) is 7.21. The molecule has 2 aromatic heterocycles. The first-order valence-electron chi connectivity index (χ1n) is 7.88. The minimum atomic E-state index is -4.77. The number of aryl methyl sites for hydroxylation is 1. The molecule has 2 aliphatic heterocycles. The molecule has 2 bridgehead atoms. The van der Waals surface area contributed by atoms with Crippen LogP contribution in [0, 0.1) is 0 Å². The number of hydrogen-bond donors (Lipinski definition) is 1. The van der Waals surface area contributed by atoms with Crippen LogP contribution in [0.15, 0.2) is 28.9 Å². The number of urea groups is 1. The van der Waals surface area contributed by atoms with Gasteiger partial charge in [0.2, 0.25) is 11.8 Å². The molecule has 0 spiro atoms. The molecule has 1 N–H and O–H groups in total. The van der Waals surface area contributed by atoms with E-state index in [1.54, 1.807) is 0 Å². The van der Waals surface area contributed by atoms with Gasteiger partial charge in [-0.2, -0.15) is 13.5 Å². The second kappa shape index (κ2) is 6.00. The molecule has 2 fully saturated rings. The minimum absolute atomic E-state index is 0.248. The molecule has 11 nitrogen and oxygen atoms in total. The first-order chi connectivity index (χ1) is 12.3. The standard InChI is InChI=1S/C14H15N5O6S/c1-17-6-4-9(5-7-17)12-15-16-13(24-12)11-3-2-10-8-18(11)14(20)19(10)25-26(21,22)23/h4-7,10-11H,2-3,8H2,1H3/p+1/t10-,11+/m1/s1. The van der Waals surface area contributed by atoms with E-state index < -0.39 is 28.5 Å². The van der Waals surface area contributed by atoms with Crippen molar-refractivity contribution in [3.05, 3.63) is 30.4 Å². The number of rotatable bonds is 4. The van der Waals surface area contributed by atoms with Crippen LogP contribution >= 0.6 is 0 Å². The van der Waals surface area contributed by atoms with Gasteiger partial charge in [0.1, 0.15) is 13.1 Å². The summed E-state index contributed by atoms with van der Waals surface area (Å²) in [6, 6.07) is 2.06. The fourth-order valence-corrected chi connectivity index (χ4v) is 3.61. The Morgan fingerprint density at radius 2 is 2.04 bits per heavy atom. The topological polar surface area (TPSA) is 130 Å². The third-order valence-electron chi connectivity index (χ3n) is 4.45. The number of pyridine rings is 1. The Hall–Kier alpha value is -2.57. The van der Waals surface area contributed by atoms with Crippen molar-refractivity contribution in [2.75, 3.05) is 6.54 Å². The molecule has 4 rings (SSSR count). The minimum Gasteiger partial charge on any atom is -0.418 e. The first-order valence-corrected chi connectivity index (χ1v) is 9.24. The summed E-state index contributed by atoms with van der Waals surface area (Å²) < 4.78 is 42.7. The maximum absolute atomic E-state index is 12.4. The highest BCUT2D eigenvalue weighted by Crippen LogP contribution is 2.38. The Morgan fingerprint density at radius 3 is 2.73 bits per heavy atom. The largest absolute Gasteiger partial charge is 0.418 e. The highest BCUT2D eigenvalue weighted by Gasteiger charge is 2.49. The van der Waals surface area contributed by atoms with E-state index >= 15 is 0 Å². The van der Waals surface area contributed by atoms with Crippen LogP contribution in [-0.2, 0) is 21.7 Å². The molecule has 0 aromatic carbocycles. The van der Waals surface area contributed by atoms with E-state index in [1.807, 2.05) is 36.1 Å². The van der Waals surface area contributed by atoms with Gasteiger partial charge in [-0.15, -0.1) is 14.5 Å². The van der Waals surface area contributed by atoms with Crippen molar-refractivity contribution < 1.29 is 31.0 Å². The molecule has 138 valence electrons. The van der Waals surface area contributed by atoms with Crippen molar-refractivity contribution in [3.8, 4) is 11.5 Å². The van der Waals surface area contributed by atoms with Gasteiger partial charge in [-0.25, -0.2) is 9.36 Å². The number of hydroxylamine groups is 2. The third kappa shape index (κ3) is 3.02. The normalized spacial score (nSPS) is 22.9. The summed E-state index contributed by atoms with van der Waals surface area (Å²) in [6.45, 7) is 0.248. The smallest absolute Gasteiger partial charge is 0.418 e. The van der Waals surface area contributed by atoms with E-state index in [9.17, 15) is 13.2 Å². The Balaban J connectivity index is 1.57. The summed E-state index contributed by atoms with van der Waals surface area (Å²) in [6.07, 6.45) is 4.67. The number of hydrogen-bond acceptors (Lipinski definition) is 7. The lowest BCUT2D eigenvalue weighted by molar-refractivity contribution is -0.671. The quantitative estimate of drug-likeness (QED) is 0.588. The molecular weight excluding hydrogens is 366 g/mol. The summed E-state index contributed by atoms with van der Waals surface area (Å²) in [4.78, 5) is 13.8. The molecule has 0 aliphatic carbocycles. The van der Waals surface area contributed by atoms with E-state index in [1.165, 1.54) is 4.90 Å². The van der Waals surface area contributed by atoms with Crippen LogP contribution < -0.4 is 4.57 Å². The second-order valence-electron chi connectivity index (χ2n) is 6.21. The predicted molar refractivity (Wildman–Crippen MR) is 83.2 cm³/mol. The molecule has 4 heterocycles. The van der Waals surface area contributed by atoms with Crippen molar-refractivity contribution in [2.45, 2.75) is 24.9 Å². The molecule has 12 heteroatoms. The summed E-state index contributed by atoms with van der Waals surface area (Å²) in [5.41, 5.74) is 0.750. The van der Waals surface area contributed by atoms with Crippen molar-refractivity contribution in [3.63, 3.8) is 0 Å². The molecule has 0 saturated carbocycles. The molecule has 2 atom stereocenters. The fourth-order valence-electron chi connectivity index (χ4n) is 3.22. The summed E-state index contributed by atoms with van der Waals surface area (Å²) >= 11 is 0. The maximum Gasteiger partial charge on any atom is 0.418 e. The number of piperidine rings is 1. The lowest BCUT2D eigenvalue weighted by Crippen LogP contribution is -2.35. The highest BCUT2D eigenvalue weighted by atomic mass is 32.3. The van der Waals surface area contributed by atoms with Gasteiger partial charge in [0, 0.05) is 18.7 Å². The van der Waals surface area contributed by atoms with E-state index in [4.69, 9.17) is 8.97 Å². The van der Waals surface area contributed by atoms with Gasteiger partial charge in [0.15, 0.2) is 12.4 Å². The lowest BCUT2D eigenvalue weighted by Gasteiger charge is -2.27. The zero-order valence-electron chi connectivity index (χ0n) is 13.7. The summed E-state index contributed by atoms with van der Waals surface area (Å²) in [7, 11) is -2.88. The molecule has 2 amide bonds. The lowest BCUT2D eigenvalue weighted by atomic mass is 10.0. The first kappa shape index (κ1) is 16.9. The van der Waals surface area contributed by atoms with Crippen LogP contribution in [-0.4, -0.2) is 51.7 Å². The summed E-state index contributed by atoms with van der Waals surface area (Å²) in [5.74, 6) is 0.606. The van der Waals surface area contributed by atoms with Crippen LogP contribution in [0.2, 0.25) is 0 Å². The highest BCUT2D eigenvalue weighted by molar-refractivity contribution is 7.80. The van der Waals surface area contributed by atoms with Crippen LogP contribution in [0.1, 0.15) is 24.8 Å². The van der Waals surface area contributed by atoms with E-state index in [-0.39, 0.29) is 12.4 Å². The monoisotopic (exact) mass is 382 g/mol. The Bertz CT molecular complexity index is 943. The fraction of sp³-hybridized carbons (Fsp3) is 0.429. The average molecular weight is 382 g/mol. The Morgan fingerprint density at radius 1 is 1.31 bits per heavy atom. The van der Waals surface area contributed by atoms with Gasteiger partial charge in [0.25, 0.3) is 0 Å². The number of carbonyl (C=O) groups excluding carboxylic acids is 1. The third-order valence-corrected chi connectivity index (χ3v) is 4.80.